The van der Waals surface area contributed by atoms with Gasteiger partial charge < -0.3 is 30.8 Å². The molecule has 7 N–H and O–H groups in total. The number of aliphatic hydroxyl groups excluding tert-OH is 5. The van der Waals surface area contributed by atoms with Crippen LogP contribution in [-0.4, -0.2) is 71.0 Å². The third-order valence-corrected chi connectivity index (χ3v) is 3.49. The van der Waals surface area contributed by atoms with Crippen LogP contribution in [0.25, 0.3) is 0 Å². The van der Waals surface area contributed by atoms with Gasteiger partial charge >= 0.3 is 16.9 Å². The molecule has 0 saturated carbocycles. The van der Waals surface area contributed by atoms with E-state index in [1.165, 1.54) is 0 Å². The first-order valence-corrected chi connectivity index (χ1v) is 6.33. The minimum Gasteiger partial charge on any atom is -0.394 e. The van der Waals surface area contributed by atoms with Crippen LogP contribution in [0.4, 0.5) is 11.5 Å². The van der Waals surface area contributed by atoms with Crippen molar-refractivity contribution >= 4 is 11.5 Å². The summed E-state index contributed by atoms with van der Waals surface area (Å²) in [6.07, 6.45) is -7.47. The van der Waals surface area contributed by atoms with E-state index < -0.39 is 64.9 Å². The van der Waals surface area contributed by atoms with Gasteiger partial charge in [0.2, 0.25) is 0 Å². The maximum Gasteiger partial charge on any atom is 0.374 e. The zero-order chi connectivity index (χ0) is 17.5. The molecule has 5 atom stereocenters. The Bertz CT molecular complexity index is 728. The molecule has 1 aliphatic rings. The third kappa shape index (κ3) is 2.71. The van der Waals surface area contributed by atoms with E-state index in [1.54, 1.807) is 4.98 Å². The molecule has 0 aromatic carbocycles. The van der Waals surface area contributed by atoms with Crippen molar-refractivity contribution in [3.63, 3.8) is 0 Å². The van der Waals surface area contributed by atoms with Crippen LogP contribution in [0.2, 0.25) is 0 Å². The molecule has 2 heterocycles. The van der Waals surface area contributed by atoms with Crippen LogP contribution in [0.3, 0.4) is 0 Å². The lowest BCUT2D eigenvalue weighted by Crippen LogP contribution is -2.49. The van der Waals surface area contributed by atoms with Gasteiger partial charge in [0, 0.05) is 0 Å². The SMILES string of the molecule is O=c1[nH]c(=O)n2c(c1[N+](=O)[O-])N[C@H]([C@@H](O)[C@@H](O)[C@@H](O)CO)[C@@H]2O. The Morgan fingerprint density at radius 1 is 1.30 bits per heavy atom. The molecule has 0 radical (unpaired) electrons. The molecular formula is C10H14N4O9. The first kappa shape index (κ1) is 17.0. The number of rotatable bonds is 5. The van der Waals surface area contributed by atoms with Gasteiger partial charge in [0.25, 0.3) is 0 Å². The van der Waals surface area contributed by atoms with Gasteiger partial charge in [-0.2, -0.15) is 0 Å². The van der Waals surface area contributed by atoms with Crippen molar-refractivity contribution in [3.05, 3.63) is 31.0 Å². The highest BCUT2D eigenvalue weighted by atomic mass is 16.6. The fourth-order valence-electron chi connectivity index (χ4n) is 2.30. The Kier molecular flexibility index (Phi) is 4.49. The molecule has 2 rings (SSSR count). The molecule has 0 aliphatic carbocycles. The van der Waals surface area contributed by atoms with Gasteiger partial charge in [0.1, 0.15) is 24.4 Å². The summed E-state index contributed by atoms with van der Waals surface area (Å²) in [5.41, 5.74) is -3.53. The van der Waals surface area contributed by atoms with Crippen molar-refractivity contribution in [2.24, 2.45) is 0 Å². The van der Waals surface area contributed by atoms with Crippen LogP contribution in [0.5, 0.6) is 0 Å². The molecular weight excluding hydrogens is 320 g/mol. The second-order valence-electron chi connectivity index (χ2n) is 4.90. The third-order valence-electron chi connectivity index (χ3n) is 3.49. The van der Waals surface area contributed by atoms with Gasteiger partial charge in [-0.05, 0) is 0 Å². The molecule has 0 bridgehead atoms. The van der Waals surface area contributed by atoms with Gasteiger partial charge in [-0.15, -0.1) is 0 Å². The fraction of sp³-hybridized carbons (Fsp3) is 0.600. The predicted molar refractivity (Wildman–Crippen MR) is 71.7 cm³/mol. The fourth-order valence-corrected chi connectivity index (χ4v) is 2.30. The number of hydrogen-bond acceptors (Lipinski definition) is 10. The van der Waals surface area contributed by atoms with Gasteiger partial charge in [-0.1, -0.05) is 0 Å². The molecule has 13 nitrogen and oxygen atoms in total. The largest absolute Gasteiger partial charge is 0.394 e. The van der Waals surface area contributed by atoms with Gasteiger partial charge in [-0.25, -0.2) is 9.36 Å². The lowest BCUT2D eigenvalue weighted by atomic mass is 10.0. The van der Waals surface area contributed by atoms with Crippen LogP contribution < -0.4 is 16.6 Å². The molecule has 0 unspecified atom stereocenters. The zero-order valence-electron chi connectivity index (χ0n) is 11.4. The van der Waals surface area contributed by atoms with Crippen molar-refractivity contribution < 1.29 is 30.5 Å². The number of anilines is 1. The van der Waals surface area contributed by atoms with E-state index >= 15 is 0 Å². The van der Waals surface area contributed by atoms with Crippen molar-refractivity contribution in [2.45, 2.75) is 30.6 Å². The Labute approximate surface area is 126 Å². The minimum atomic E-state index is -1.92. The van der Waals surface area contributed by atoms with Crippen LogP contribution in [0.15, 0.2) is 9.59 Å². The van der Waals surface area contributed by atoms with Gasteiger partial charge in [-0.3, -0.25) is 19.9 Å². The topological polar surface area (TPSA) is 211 Å². The number of fused-ring (bicyclic) bond motifs is 1. The van der Waals surface area contributed by atoms with Crippen molar-refractivity contribution in [3.8, 4) is 0 Å². The Balaban J connectivity index is 2.47. The second kappa shape index (κ2) is 6.05. The summed E-state index contributed by atoms with van der Waals surface area (Å²) >= 11 is 0. The van der Waals surface area contributed by atoms with E-state index in [-0.39, 0.29) is 0 Å². The first-order valence-electron chi connectivity index (χ1n) is 6.33. The Morgan fingerprint density at radius 3 is 2.43 bits per heavy atom. The number of H-pyrrole nitrogens is 1. The van der Waals surface area contributed by atoms with Crippen LogP contribution >= 0.6 is 0 Å². The van der Waals surface area contributed by atoms with Gasteiger partial charge in [0.15, 0.2) is 12.0 Å². The smallest absolute Gasteiger partial charge is 0.374 e. The van der Waals surface area contributed by atoms with E-state index in [2.05, 4.69) is 5.32 Å². The second-order valence-corrected chi connectivity index (χ2v) is 4.90. The average Bonchev–Trinajstić information content (AvgIpc) is 2.82. The summed E-state index contributed by atoms with van der Waals surface area (Å²) in [5.74, 6) is -0.647. The zero-order valence-corrected chi connectivity index (χ0v) is 11.4. The highest BCUT2D eigenvalue weighted by Crippen LogP contribution is 2.32. The summed E-state index contributed by atoms with van der Waals surface area (Å²) < 4.78 is 0.436. The average molecular weight is 334 g/mol. The lowest BCUT2D eigenvalue weighted by Gasteiger charge is -2.27. The lowest BCUT2D eigenvalue weighted by molar-refractivity contribution is -0.385. The molecule has 0 saturated heterocycles. The number of nitrogens with one attached hydrogen (secondary N) is 2. The maximum absolute atomic E-state index is 11.7. The summed E-state index contributed by atoms with van der Waals surface area (Å²) in [6, 6.07) is -1.55. The van der Waals surface area contributed by atoms with Crippen molar-refractivity contribution in [2.75, 3.05) is 11.9 Å². The van der Waals surface area contributed by atoms with Crippen molar-refractivity contribution in [1.29, 1.82) is 0 Å². The molecule has 0 spiro atoms. The molecule has 1 aliphatic heterocycles. The minimum absolute atomic E-state index is 0.436. The molecule has 13 heteroatoms. The maximum atomic E-state index is 11.7. The van der Waals surface area contributed by atoms with Crippen LogP contribution in [0, 0.1) is 10.1 Å². The Hall–Kier alpha value is -2.32. The predicted octanol–water partition coefficient (Wildman–Crippen LogP) is -4.20. The highest BCUT2D eigenvalue weighted by Gasteiger charge is 2.44. The van der Waals surface area contributed by atoms with E-state index in [1.807, 2.05) is 0 Å². The van der Waals surface area contributed by atoms with Gasteiger partial charge in [0.05, 0.1) is 11.5 Å². The molecule has 1 aromatic rings. The summed E-state index contributed by atoms with van der Waals surface area (Å²) in [5, 5.41) is 60.8. The summed E-state index contributed by atoms with van der Waals surface area (Å²) in [6.45, 7) is -0.896. The molecule has 0 amide bonds. The van der Waals surface area contributed by atoms with E-state index in [0.29, 0.717) is 4.57 Å². The van der Waals surface area contributed by atoms with Crippen molar-refractivity contribution in [1.82, 2.24) is 9.55 Å². The standard InChI is InChI=1S/C10H14N4O9/c15-1-2(16)5(17)6(18)3-9(20)13-7(11-3)4(14(22)23)8(19)12-10(13)21/h2-3,5-6,9,11,15-18,20H,1H2,(H,12,19,21)/t2-,3+,5-,6+,9-/m0/s1. The quantitative estimate of drug-likeness (QED) is 0.204. The number of aliphatic hydroxyl groups is 5. The molecule has 0 fully saturated rings. The molecule has 23 heavy (non-hydrogen) atoms. The highest BCUT2D eigenvalue weighted by molar-refractivity contribution is 5.58. The Morgan fingerprint density at radius 2 is 1.91 bits per heavy atom. The normalized spacial score (nSPS) is 23.7. The molecule has 128 valence electrons. The first-order chi connectivity index (χ1) is 10.7. The molecule has 1 aromatic heterocycles. The van der Waals surface area contributed by atoms with E-state index in [4.69, 9.17) is 5.11 Å². The number of aromatic amines is 1. The number of aromatic nitrogens is 2. The summed E-state index contributed by atoms with van der Waals surface area (Å²) in [7, 11) is 0. The monoisotopic (exact) mass is 334 g/mol. The number of nitrogens with zero attached hydrogens (tertiary/aromatic N) is 2. The van der Waals surface area contributed by atoms with E-state index in [0.717, 1.165) is 0 Å². The number of hydrogen-bond donors (Lipinski definition) is 7. The van der Waals surface area contributed by atoms with Crippen LogP contribution in [0.1, 0.15) is 6.23 Å². The van der Waals surface area contributed by atoms with E-state index in [9.17, 15) is 40.1 Å². The number of nitro groups is 1. The summed E-state index contributed by atoms with van der Waals surface area (Å²) in [4.78, 5) is 34.7. The van der Waals surface area contributed by atoms with Crippen LogP contribution in [-0.2, 0) is 0 Å².